The number of carbonyl (C=O) groups is 3. The summed E-state index contributed by atoms with van der Waals surface area (Å²) in [4.78, 5) is 39.7. The third kappa shape index (κ3) is 3.45. The molecule has 0 saturated heterocycles. The number of rotatable bonds is 7. The van der Waals surface area contributed by atoms with E-state index in [1.807, 2.05) is 24.3 Å². The third-order valence-corrected chi connectivity index (χ3v) is 8.07. The predicted molar refractivity (Wildman–Crippen MR) is 126 cm³/mol. The summed E-state index contributed by atoms with van der Waals surface area (Å²) >= 11 is 0. The first-order valence-electron chi connectivity index (χ1n) is 11.9. The van der Waals surface area contributed by atoms with Crippen molar-refractivity contribution in [3.8, 4) is 11.1 Å². The Morgan fingerprint density at radius 1 is 1.06 bits per heavy atom. The number of benzene rings is 2. The molecule has 2 aromatic rings. The first-order chi connectivity index (χ1) is 16.3. The molecule has 0 bridgehead atoms. The van der Waals surface area contributed by atoms with Crippen molar-refractivity contribution in [3.05, 3.63) is 59.7 Å². The average Bonchev–Trinajstić information content (AvgIpc) is 3.60. The molecule has 2 saturated carbocycles. The summed E-state index contributed by atoms with van der Waals surface area (Å²) in [6, 6.07) is 16.2. The number of carboxylic acids is 1. The fourth-order valence-electron chi connectivity index (χ4n) is 5.58. The van der Waals surface area contributed by atoms with Gasteiger partial charge >= 0.3 is 12.1 Å². The van der Waals surface area contributed by atoms with E-state index < -0.39 is 23.1 Å². The van der Waals surface area contributed by atoms with Gasteiger partial charge in [-0.2, -0.15) is 0 Å². The van der Waals surface area contributed by atoms with Gasteiger partial charge < -0.3 is 20.1 Å². The van der Waals surface area contributed by atoms with Crippen molar-refractivity contribution in [2.75, 3.05) is 13.7 Å². The summed E-state index contributed by atoms with van der Waals surface area (Å²) in [5, 5.41) is 12.6. The van der Waals surface area contributed by atoms with E-state index in [1.54, 1.807) is 6.92 Å². The number of ether oxygens (including phenoxy) is 1. The standard InChI is InChI=1S/C27H30N2O5/c1-26(17-12-13-17,23(30)29(2)27(24(31)32)14-7-15-27)28-25(33)34-16-22-20-10-5-3-8-18(20)19-9-4-6-11-21(19)22/h3-6,8-11,17,22H,7,12-16H2,1-2H3,(H,28,33)(H,31,32). The number of carboxylic acid groups (broad SMARTS) is 1. The summed E-state index contributed by atoms with van der Waals surface area (Å²) in [7, 11) is 1.54. The number of nitrogens with one attached hydrogen (secondary N) is 1. The summed E-state index contributed by atoms with van der Waals surface area (Å²) in [5.74, 6) is -1.47. The second kappa shape index (κ2) is 8.15. The number of likely N-dealkylation sites (N-methyl/N-ethyl adjacent to an activating group) is 1. The first-order valence-corrected chi connectivity index (χ1v) is 11.9. The van der Waals surface area contributed by atoms with Crippen LogP contribution in [0.4, 0.5) is 4.79 Å². The maximum atomic E-state index is 13.5. The zero-order valence-electron chi connectivity index (χ0n) is 19.5. The molecule has 0 heterocycles. The van der Waals surface area contributed by atoms with Gasteiger partial charge in [0.1, 0.15) is 17.7 Å². The molecular weight excluding hydrogens is 432 g/mol. The highest BCUT2D eigenvalue weighted by molar-refractivity contribution is 5.95. The number of hydrogen-bond acceptors (Lipinski definition) is 4. The monoisotopic (exact) mass is 462 g/mol. The van der Waals surface area contributed by atoms with Crippen LogP contribution in [0.25, 0.3) is 11.1 Å². The van der Waals surface area contributed by atoms with Gasteiger partial charge in [-0.05, 0) is 67.2 Å². The second-order valence-electron chi connectivity index (χ2n) is 9.98. The molecule has 7 heteroatoms. The van der Waals surface area contributed by atoms with E-state index in [-0.39, 0.29) is 24.3 Å². The summed E-state index contributed by atoms with van der Waals surface area (Å²) in [5.41, 5.74) is 2.14. The van der Waals surface area contributed by atoms with Crippen LogP contribution in [-0.4, -0.2) is 52.7 Å². The normalized spacial score (nSPS) is 19.7. The van der Waals surface area contributed by atoms with Gasteiger partial charge in [0.05, 0.1) is 0 Å². The molecule has 0 radical (unpaired) electrons. The number of fused-ring (bicyclic) bond motifs is 3. The lowest BCUT2D eigenvalue weighted by Gasteiger charge is -2.47. The van der Waals surface area contributed by atoms with Gasteiger partial charge in [0.2, 0.25) is 5.91 Å². The summed E-state index contributed by atoms with van der Waals surface area (Å²) in [6.07, 6.45) is 2.58. The molecule has 5 rings (SSSR count). The van der Waals surface area contributed by atoms with Crippen molar-refractivity contribution < 1.29 is 24.2 Å². The van der Waals surface area contributed by atoms with Crippen LogP contribution in [0, 0.1) is 5.92 Å². The van der Waals surface area contributed by atoms with Gasteiger partial charge in [-0.3, -0.25) is 4.79 Å². The fourth-order valence-corrected chi connectivity index (χ4v) is 5.58. The van der Waals surface area contributed by atoms with Gasteiger partial charge in [-0.1, -0.05) is 48.5 Å². The highest BCUT2D eigenvalue weighted by Crippen LogP contribution is 2.46. The molecule has 34 heavy (non-hydrogen) atoms. The van der Waals surface area contributed by atoms with E-state index in [9.17, 15) is 19.5 Å². The van der Waals surface area contributed by atoms with E-state index in [0.29, 0.717) is 12.8 Å². The molecule has 2 aromatic carbocycles. The van der Waals surface area contributed by atoms with E-state index in [4.69, 9.17) is 4.74 Å². The molecule has 2 amide bonds. The van der Waals surface area contributed by atoms with Gasteiger partial charge in [0.25, 0.3) is 0 Å². The van der Waals surface area contributed by atoms with Crippen molar-refractivity contribution >= 4 is 18.0 Å². The van der Waals surface area contributed by atoms with Crippen molar-refractivity contribution in [1.82, 2.24) is 10.2 Å². The third-order valence-electron chi connectivity index (χ3n) is 8.07. The number of hydrogen-bond donors (Lipinski definition) is 2. The first kappa shape index (κ1) is 22.4. The quantitative estimate of drug-likeness (QED) is 0.644. The van der Waals surface area contributed by atoms with E-state index >= 15 is 0 Å². The summed E-state index contributed by atoms with van der Waals surface area (Å²) in [6.45, 7) is 1.85. The maximum absolute atomic E-state index is 13.5. The highest BCUT2D eigenvalue weighted by Gasteiger charge is 2.56. The lowest BCUT2D eigenvalue weighted by Crippen LogP contribution is -2.67. The molecule has 2 fully saturated rings. The SMILES string of the molecule is CN(C(=O)C(C)(NC(=O)OCC1c2ccccc2-c2ccccc21)C1CC1)C1(C(=O)O)CCC1. The van der Waals surface area contributed by atoms with Crippen molar-refractivity contribution in [1.29, 1.82) is 0 Å². The van der Waals surface area contributed by atoms with Crippen LogP contribution in [0.2, 0.25) is 0 Å². The molecule has 1 atom stereocenters. The second-order valence-corrected chi connectivity index (χ2v) is 9.98. The van der Waals surface area contributed by atoms with E-state index in [2.05, 4.69) is 29.6 Å². The van der Waals surface area contributed by atoms with Crippen molar-refractivity contribution in [2.45, 2.75) is 56.0 Å². The molecule has 3 aliphatic rings. The van der Waals surface area contributed by atoms with Crippen LogP contribution < -0.4 is 5.32 Å². The van der Waals surface area contributed by atoms with Gasteiger partial charge in [0.15, 0.2) is 0 Å². The van der Waals surface area contributed by atoms with Crippen molar-refractivity contribution in [2.24, 2.45) is 5.92 Å². The Morgan fingerprint density at radius 2 is 1.62 bits per heavy atom. The molecule has 2 N–H and O–H groups in total. The molecule has 0 spiro atoms. The van der Waals surface area contributed by atoms with Gasteiger partial charge in [-0.25, -0.2) is 9.59 Å². The molecular formula is C27H30N2O5. The largest absolute Gasteiger partial charge is 0.479 e. The van der Waals surface area contributed by atoms with Crippen LogP contribution in [0.1, 0.15) is 56.1 Å². The topological polar surface area (TPSA) is 95.9 Å². The Bertz CT molecular complexity index is 1110. The number of aliphatic carboxylic acids is 1. The zero-order chi connectivity index (χ0) is 24.1. The Kier molecular flexibility index (Phi) is 5.38. The van der Waals surface area contributed by atoms with Crippen LogP contribution in [0.5, 0.6) is 0 Å². The Hall–Kier alpha value is -3.35. The zero-order valence-corrected chi connectivity index (χ0v) is 19.5. The Balaban J connectivity index is 1.31. The smallest absolute Gasteiger partial charge is 0.408 e. The lowest BCUT2D eigenvalue weighted by molar-refractivity contribution is -0.167. The predicted octanol–water partition coefficient (Wildman–Crippen LogP) is 4.16. The maximum Gasteiger partial charge on any atom is 0.408 e. The van der Waals surface area contributed by atoms with E-state index in [1.165, 1.54) is 11.9 Å². The molecule has 0 aliphatic heterocycles. The van der Waals surface area contributed by atoms with Crippen LogP contribution in [0.3, 0.4) is 0 Å². The number of amides is 2. The number of carbonyl (C=O) groups excluding carboxylic acids is 2. The van der Waals surface area contributed by atoms with Gasteiger partial charge in [0, 0.05) is 13.0 Å². The number of nitrogens with zero attached hydrogens (tertiary/aromatic N) is 1. The van der Waals surface area contributed by atoms with Crippen LogP contribution in [-0.2, 0) is 14.3 Å². The van der Waals surface area contributed by atoms with Crippen molar-refractivity contribution in [3.63, 3.8) is 0 Å². The number of alkyl carbamates (subject to hydrolysis) is 1. The molecule has 7 nitrogen and oxygen atoms in total. The minimum Gasteiger partial charge on any atom is -0.479 e. The van der Waals surface area contributed by atoms with Gasteiger partial charge in [-0.15, -0.1) is 0 Å². The van der Waals surface area contributed by atoms with Crippen LogP contribution >= 0.6 is 0 Å². The molecule has 3 aliphatic carbocycles. The summed E-state index contributed by atoms with van der Waals surface area (Å²) < 4.78 is 5.68. The van der Waals surface area contributed by atoms with E-state index in [0.717, 1.165) is 41.5 Å². The lowest BCUT2D eigenvalue weighted by atomic mass is 9.74. The van der Waals surface area contributed by atoms with Crippen LogP contribution in [0.15, 0.2) is 48.5 Å². The minimum atomic E-state index is -1.20. The molecule has 178 valence electrons. The fraction of sp³-hybridized carbons (Fsp3) is 0.444. The molecule has 1 unspecified atom stereocenters. The molecule has 0 aromatic heterocycles. The minimum absolute atomic E-state index is 0.0335. The average molecular weight is 463 g/mol. The Morgan fingerprint density at radius 3 is 2.09 bits per heavy atom. The highest BCUT2D eigenvalue weighted by atomic mass is 16.5. The Labute approximate surface area is 199 Å².